The van der Waals surface area contributed by atoms with E-state index in [0.29, 0.717) is 10.9 Å². The average Bonchev–Trinajstić information content (AvgIpc) is 2.87. The second-order valence-electron chi connectivity index (χ2n) is 5.69. The first-order valence-electron chi connectivity index (χ1n) is 7.38. The van der Waals surface area contributed by atoms with Crippen LogP contribution >= 0.6 is 23.4 Å². The number of ketones is 1. The summed E-state index contributed by atoms with van der Waals surface area (Å²) in [5, 5.41) is 2.45. The van der Waals surface area contributed by atoms with Gasteiger partial charge in [0.05, 0.1) is 5.75 Å². The van der Waals surface area contributed by atoms with E-state index in [9.17, 15) is 4.79 Å². The maximum Gasteiger partial charge on any atom is 0.172 e. The largest absolute Gasteiger partial charge is 0.339 e. The molecule has 23 heavy (non-hydrogen) atoms. The quantitative estimate of drug-likeness (QED) is 0.418. The summed E-state index contributed by atoms with van der Waals surface area (Å²) >= 11 is 7.60. The van der Waals surface area contributed by atoms with Crippen molar-refractivity contribution in [3.05, 3.63) is 41.0 Å². The number of thioether (sulfide) groups is 1. The van der Waals surface area contributed by atoms with E-state index < -0.39 is 0 Å². The van der Waals surface area contributed by atoms with Gasteiger partial charge in [0.1, 0.15) is 10.8 Å². The zero-order chi connectivity index (χ0) is 16.4. The number of fused-ring (bicyclic) bond motifs is 3. The molecule has 4 nitrogen and oxygen atoms in total. The molecule has 0 fully saturated rings. The minimum absolute atomic E-state index is 0.159. The second kappa shape index (κ2) is 6.91. The molecule has 0 aliphatic heterocycles. The zero-order valence-corrected chi connectivity index (χ0v) is 14.7. The maximum atomic E-state index is 12.4. The number of carbonyl (C=O) groups excluding carboxylic acids is 1. The Bertz CT molecular complexity index is 860. The Kier molecular flexibility index (Phi) is 4.90. The molecule has 0 aliphatic rings. The van der Waals surface area contributed by atoms with Crippen molar-refractivity contribution in [2.24, 2.45) is 0 Å². The molecule has 0 saturated heterocycles. The molecule has 3 aromatic rings. The molecule has 120 valence electrons. The number of aromatic amines is 1. The summed E-state index contributed by atoms with van der Waals surface area (Å²) in [5.74, 6) is 1.62. The van der Waals surface area contributed by atoms with Crippen molar-refractivity contribution in [3.63, 3.8) is 0 Å². The normalized spacial score (nSPS) is 11.7. The maximum absolute atomic E-state index is 12.4. The van der Waals surface area contributed by atoms with Crippen molar-refractivity contribution in [2.45, 2.75) is 0 Å². The Morgan fingerprint density at radius 2 is 2.09 bits per heavy atom. The van der Waals surface area contributed by atoms with Gasteiger partial charge in [-0.15, -0.1) is 0 Å². The van der Waals surface area contributed by atoms with E-state index in [0.717, 1.165) is 39.8 Å². The number of benzene rings is 1. The first-order chi connectivity index (χ1) is 11.0. The van der Waals surface area contributed by atoms with Crippen LogP contribution in [0, 0.1) is 0 Å². The minimum Gasteiger partial charge on any atom is -0.339 e. The topological polar surface area (TPSA) is 49.0 Å². The van der Waals surface area contributed by atoms with Crippen molar-refractivity contribution >= 4 is 51.1 Å². The molecule has 0 amide bonds. The Labute approximate surface area is 144 Å². The lowest BCUT2D eigenvalue weighted by molar-refractivity contribution is 0.102. The van der Waals surface area contributed by atoms with Crippen LogP contribution in [0.15, 0.2) is 30.3 Å². The fourth-order valence-electron chi connectivity index (χ4n) is 2.42. The van der Waals surface area contributed by atoms with Crippen LogP contribution < -0.4 is 0 Å². The predicted molar refractivity (Wildman–Crippen MR) is 98.8 cm³/mol. The third-order valence-electron chi connectivity index (χ3n) is 3.66. The van der Waals surface area contributed by atoms with Gasteiger partial charge in [-0.25, -0.2) is 4.98 Å². The van der Waals surface area contributed by atoms with Gasteiger partial charge < -0.3 is 9.88 Å². The van der Waals surface area contributed by atoms with Gasteiger partial charge >= 0.3 is 0 Å². The Balaban J connectivity index is 1.81. The molecule has 2 heterocycles. The number of carbonyl (C=O) groups is 1. The van der Waals surface area contributed by atoms with Crippen molar-refractivity contribution in [1.29, 1.82) is 0 Å². The third kappa shape index (κ3) is 3.68. The fourth-order valence-corrected chi connectivity index (χ4v) is 3.56. The number of H-pyrrole nitrogens is 1. The molecule has 0 spiro atoms. The number of hydrogen-bond donors (Lipinski definition) is 1. The number of aromatic nitrogens is 2. The molecule has 0 saturated carbocycles. The van der Waals surface area contributed by atoms with Crippen molar-refractivity contribution < 1.29 is 4.79 Å². The summed E-state index contributed by atoms with van der Waals surface area (Å²) in [6.07, 6.45) is 0. The van der Waals surface area contributed by atoms with Gasteiger partial charge in [-0.05, 0) is 44.4 Å². The molecular weight excluding hydrogens is 330 g/mol. The molecule has 0 radical (unpaired) electrons. The molecule has 3 rings (SSSR count). The Morgan fingerprint density at radius 3 is 2.87 bits per heavy atom. The lowest BCUT2D eigenvalue weighted by atomic mass is 10.1. The molecule has 0 aliphatic carbocycles. The first kappa shape index (κ1) is 16.3. The molecule has 2 aromatic heterocycles. The molecule has 0 atom stereocenters. The van der Waals surface area contributed by atoms with E-state index in [-0.39, 0.29) is 5.78 Å². The fraction of sp³-hybridized carbons (Fsp3) is 0.294. The van der Waals surface area contributed by atoms with E-state index in [4.69, 9.17) is 11.6 Å². The van der Waals surface area contributed by atoms with Gasteiger partial charge in [-0.2, -0.15) is 11.8 Å². The number of pyridine rings is 1. The number of nitrogens with one attached hydrogen (secondary N) is 1. The molecule has 6 heteroatoms. The highest BCUT2D eigenvalue weighted by atomic mass is 35.5. The highest BCUT2D eigenvalue weighted by Crippen LogP contribution is 2.26. The van der Waals surface area contributed by atoms with Crippen LogP contribution in [0.2, 0.25) is 5.15 Å². The lowest BCUT2D eigenvalue weighted by Crippen LogP contribution is -2.15. The van der Waals surface area contributed by atoms with E-state index in [1.54, 1.807) is 17.8 Å². The zero-order valence-electron chi connectivity index (χ0n) is 13.1. The van der Waals surface area contributed by atoms with Gasteiger partial charge in [0, 0.05) is 34.2 Å². The molecule has 1 N–H and O–H groups in total. The number of halogens is 1. The van der Waals surface area contributed by atoms with Gasteiger partial charge in [0.25, 0.3) is 0 Å². The van der Waals surface area contributed by atoms with Crippen LogP contribution in [-0.4, -0.2) is 52.8 Å². The Hall–Kier alpha value is -1.56. The third-order valence-corrected chi connectivity index (χ3v) is 4.81. The van der Waals surface area contributed by atoms with E-state index >= 15 is 0 Å². The second-order valence-corrected chi connectivity index (χ2v) is 7.19. The van der Waals surface area contributed by atoms with Gasteiger partial charge in [-0.3, -0.25) is 4.79 Å². The standard InChI is InChI=1S/C17H18ClN3OS/c1-21(2)7-8-23-10-15(22)11-3-5-14-13(9-11)12-4-6-16(18)20-17(12)19-14/h3-6,9H,7-8,10H2,1-2H3,(H,19,20). The molecule has 1 aromatic carbocycles. The number of Topliss-reactive ketones (excluding diaryl/α,β-unsaturated/α-hetero) is 1. The number of rotatable bonds is 6. The van der Waals surface area contributed by atoms with Gasteiger partial charge in [0.2, 0.25) is 0 Å². The van der Waals surface area contributed by atoms with Crippen molar-refractivity contribution in [1.82, 2.24) is 14.9 Å². The van der Waals surface area contributed by atoms with Crippen molar-refractivity contribution in [2.75, 3.05) is 32.1 Å². The van der Waals surface area contributed by atoms with Gasteiger partial charge in [-0.1, -0.05) is 11.6 Å². The average molecular weight is 348 g/mol. The summed E-state index contributed by atoms with van der Waals surface area (Å²) < 4.78 is 0. The van der Waals surface area contributed by atoms with Crippen LogP contribution in [0.5, 0.6) is 0 Å². The summed E-state index contributed by atoms with van der Waals surface area (Å²) in [4.78, 5) is 22.0. The number of nitrogens with zero attached hydrogens (tertiary/aromatic N) is 2. The summed E-state index contributed by atoms with van der Waals surface area (Å²) in [6, 6.07) is 9.45. The van der Waals surface area contributed by atoms with Crippen LogP contribution in [0.25, 0.3) is 21.9 Å². The molecule has 0 unspecified atom stereocenters. The molecular formula is C17H18ClN3OS. The van der Waals surface area contributed by atoms with Crippen LogP contribution in [0.3, 0.4) is 0 Å². The minimum atomic E-state index is 0.159. The van der Waals surface area contributed by atoms with E-state index in [1.165, 1.54) is 0 Å². The van der Waals surface area contributed by atoms with Crippen LogP contribution in [0.4, 0.5) is 0 Å². The molecule has 0 bridgehead atoms. The summed E-state index contributed by atoms with van der Waals surface area (Å²) in [7, 11) is 4.07. The SMILES string of the molecule is CN(C)CCSCC(=O)c1ccc2[nH]c3nc(Cl)ccc3c2c1. The van der Waals surface area contributed by atoms with E-state index in [1.807, 2.05) is 38.4 Å². The highest BCUT2D eigenvalue weighted by Gasteiger charge is 2.11. The summed E-state index contributed by atoms with van der Waals surface area (Å²) in [6.45, 7) is 0.978. The Morgan fingerprint density at radius 1 is 1.26 bits per heavy atom. The van der Waals surface area contributed by atoms with Crippen LogP contribution in [0.1, 0.15) is 10.4 Å². The van der Waals surface area contributed by atoms with Crippen molar-refractivity contribution in [3.8, 4) is 0 Å². The monoisotopic (exact) mass is 347 g/mol. The van der Waals surface area contributed by atoms with Gasteiger partial charge in [0.15, 0.2) is 5.78 Å². The highest BCUT2D eigenvalue weighted by molar-refractivity contribution is 8.00. The summed E-state index contributed by atoms with van der Waals surface area (Å²) in [5.41, 5.74) is 2.45. The van der Waals surface area contributed by atoms with Crippen LogP contribution in [-0.2, 0) is 0 Å². The van der Waals surface area contributed by atoms with E-state index in [2.05, 4.69) is 14.9 Å². The number of hydrogen-bond acceptors (Lipinski definition) is 4. The smallest absolute Gasteiger partial charge is 0.172 e. The lowest BCUT2D eigenvalue weighted by Gasteiger charge is -2.08. The predicted octanol–water partition coefficient (Wildman–Crippen LogP) is 3.85. The first-order valence-corrected chi connectivity index (χ1v) is 8.91.